The first-order valence-electron chi connectivity index (χ1n) is 7.70. The van der Waals surface area contributed by atoms with Crippen molar-refractivity contribution in [2.75, 3.05) is 6.54 Å². The number of hydrogen-bond acceptors (Lipinski definition) is 3. The van der Waals surface area contributed by atoms with Gasteiger partial charge in [-0.1, -0.05) is 18.6 Å². The minimum atomic E-state index is -0.218. The van der Waals surface area contributed by atoms with Crippen LogP contribution in [0.15, 0.2) is 24.3 Å². The molecule has 0 saturated carbocycles. The molecule has 1 saturated heterocycles. The van der Waals surface area contributed by atoms with E-state index in [0.29, 0.717) is 17.6 Å². The van der Waals surface area contributed by atoms with Crippen LogP contribution in [0.4, 0.5) is 0 Å². The molecule has 1 aliphatic heterocycles. The molecule has 21 heavy (non-hydrogen) atoms. The number of carbonyl (C=O) groups is 1. The molecule has 116 valence electrons. The van der Waals surface area contributed by atoms with Crippen molar-refractivity contribution in [1.29, 1.82) is 0 Å². The molecule has 1 aromatic carbocycles. The average Bonchev–Trinajstić information content (AvgIpc) is 2.43. The first-order valence-corrected chi connectivity index (χ1v) is 8.78. The van der Waals surface area contributed by atoms with E-state index < -0.39 is 0 Å². The van der Waals surface area contributed by atoms with Crippen LogP contribution in [0.3, 0.4) is 0 Å². The number of benzene rings is 1. The number of ether oxygens (including phenoxy) is 1. The summed E-state index contributed by atoms with van der Waals surface area (Å²) >= 11 is 2.17. The zero-order valence-corrected chi connectivity index (χ0v) is 15.2. The maximum absolute atomic E-state index is 12.2. The predicted molar refractivity (Wildman–Crippen MR) is 93.5 cm³/mol. The highest BCUT2D eigenvalue weighted by Crippen LogP contribution is 2.23. The number of esters is 1. The van der Waals surface area contributed by atoms with E-state index in [1.807, 2.05) is 31.2 Å². The van der Waals surface area contributed by atoms with Crippen molar-refractivity contribution in [3.63, 3.8) is 0 Å². The Bertz CT molecular complexity index is 481. The van der Waals surface area contributed by atoms with E-state index in [0.717, 1.165) is 10.1 Å². The number of nitrogens with zero attached hydrogens (tertiary/aromatic N) is 1. The Balaban J connectivity index is 1.93. The Morgan fingerprint density at radius 3 is 2.57 bits per heavy atom. The second-order valence-corrected chi connectivity index (χ2v) is 7.18. The molecule has 0 amide bonds. The summed E-state index contributed by atoms with van der Waals surface area (Å²) in [5, 5.41) is 0. The van der Waals surface area contributed by atoms with Crippen LogP contribution in [0.2, 0.25) is 0 Å². The van der Waals surface area contributed by atoms with Gasteiger partial charge in [-0.05, 0) is 68.3 Å². The normalized spacial score (nSPS) is 24.6. The molecule has 4 heteroatoms. The van der Waals surface area contributed by atoms with Crippen molar-refractivity contribution in [2.24, 2.45) is 0 Å². The Labute approximate surface area is 141 Å². The van der Waals surface area contributed by atoms with E-state index in [1.54, 1.807) is 0 Å². The van der Waals surface area contributed by atoms with Crippen molar-refractivity contribution in [2.45, 2.75) is 58.2 Å². The van der Waals surface area contributed by atoms with Crippen LogP contribution in [0.1, 0.15) is 50.4 Å². The second kappa shape index (κ2) is 7.58. The van der Waals surface area contributed by atoms with Crippen molar-refractivity contribution < 1.29 is 9.53 Å². The monoisotopic (exact) mass is 401 g/mol. The van der Waals surface area contributed by atoms with Crippen LogP contribution in [-0.4, -0.2) is 35.6 Å². The predicted octanol–water partition coefficient (Wildman–Crippen LogP) is 4.10. The van der Waals surface area contributed by atoms with E-state index in [2.05, 4.69) is 41.3 Å². The molecule has 1 heterocycles. The number of likely N-dealkylation sites (tertiary alicyclic amines) is 1. The summed E-state index contributed by atoms with van der Waals surface area (Å²) in [5.74, 6) is -0.218. The van der Waals surface area contributed by atoms with Gasteiger partial charge < -0.3 is 4.74 Å². The van der Waals surface area contributed by atoms with E-state index in [9.17, 15) is 4.79 Å². The van der Waals surface area contributed by atoms with Crippen LogP contribution >= 0.6 is 22.6 Å². The van der Waals surface area contributed by atoms with E-state index >= 15 is 0 Å². The minimum Gasteiger partial charge on any atom is -0.458 e. The van der Waals surface area contributed by atoms with Gasteiger partial charge in [-0.3, -0.25) is 4.90 Å². The van der Waals surface area contributed by atoms with Crippen molar-refractivity contribution in [1.82, 2.24) is 4.90 Å². The van der Waals surface area contributed by atoms with Crippen LogP contribution in [-0.2, 0) is 4.74 Å². The molecule has 0 N–H and O–H groups in total. The summed E-state index contributed by atoms with van der Waals surface area (Å²) in [6, 6.07) is 8.70. The molecule has 1 aromatic rings. The van der Waals surface area contributed by atoms with Gasteiger partial charge in [-0.2, -0.15) is 0 Å². The third-order valence-corrected chi connectivity index (χ3v) is 5.19. The van der Waals surface area contributed by atoms with Gasteiger partial charge in [0.15, 0.2) is 0 Å². The molecule has 0 aromatic heterocycles. The van der Waals surface area contributed by atoms with Gasteiger partial charge in [0.1, 0.15) is 6.10 Å². The molecular weight excluding hydrogens is 377 g/mol. The molecule has 0 radical (unpaired) electrons. The highest BCUT2D eigenvalue weighted by molar-refractivity contribution is 14.1. The molecule has 3 nitrogen and oxygen atoms in total. The first-order chi connectivity index (χ1) is 9.99. The van der Waals surface area contributed by atoms with Crippen molar-refractivity contribution in [3.8, 4) is 0 Å². The lowest BCUT2D eigenvalue weighted by Crippen LogP contribution is -2.47. The summed E-state index contributed by atoms with van der Waals surface area (Å²) in [4.78, 5) is 14.7. The van der Waals surface area contributed by atoms with Gasteiger partial charge in [-0.15, -0.1) is 0 Å². The SMILES string of the molecule is C[C@H](CN1[C@H](C)CCC[C@H]1C)OC(=O)c1ccccc1I. The first kappa shape index (κ1) is 16.7. The van der Waals surface area contributed by atoms with E-state index in [1.165, 1.54) is 19.3 Å². The second-order valence-electron chi connectivity index (χ2n) is 6.02. The van der Waals surface area contributed by atoms with Crippen LogP contribution in [0, 0.1) is 3.57 Å². The van der Waals surface area contributed by atoms with Gasteiger partial charge in [0, 0.05) is 22.2 Å². The van der Waals surface area contributed by atoms with Crippen LogP contribution in [0.25, 0.3) is 0 Å². The number of halogens is 1. The van der Waals surface area contributed by atoms with E-state index in [4.69, 9.17) is 4.74 Å². The van der Waals surface area contributed by atoms with Crippen molar-refractivity contribution in [3.05, 3.63) is 33.4 Å². The summed E-state index contributed by atoms with van der Waals surface area (Å²) in [5.41, 5.74) is 0.657. The zero-order chi connectivity index (χ0) is 15.4. The Hall–Kier alpha value is -0.620. The topological polar surface area (TPSA) is 29.5 Å². The van der Waals surface area contributed by atoms with E-state index in [-0.39, 0.29) is 12.1 Å². The lowest BCUT2D eigenvalue weighted by atomic mass is 9.97. The molecule has 2 rings (SSSR count). The van der Waals surface area contributed by atoms with Gasteiger partial charge >= 0.3 is 5.97 Å². The molecule has 0 aliphatic carbocycles. The third-order valence-electron chi connectivity index (χ3n) is 4.25. The summed E-state index contributed by atoms with van der Waals surface area (Å²) in [7, 11) is 0. The molecule has 0 bridgehead atoms. The zero-order valence-electron chi connectivity index (χ0n) is 13.0. The van der Waals surface area contributed by atoms with Gasteiger partial charge in [0.2, 0.25) is 0 Å². The van der Waals surface area contributed by atoms with Gasteiger partial charge in [0.05, 0.1) is 5.56 Å². The van der Waals surface area contributed by atoms with Crippen molar-refractivity contribution >= 4 is 28.6 Å². The molecule has 0 unspecified atom stereocenters. The van der Waals surface area contributed by atoms with Crippen LogP contribution < -0.4 is 0 Å². The Morgan fingerprint density at radius 1 is 1.33 bits per heavy atom. The lowest BCUT2D eigenvalue weighted by molar-refractivity contribution is 0.00803. The smallest absolute Gasteiger partial charge is 0.339 e. The molecule has 1 aliphatic rings. The average molecular weight is 401 g/mol. The summed E-state index contributed by atoms with van der Waals surface area (Å²) in [6.45, 7) is 7.34. The highest BCUT2D eigenvalue weighted by Gasteiger charge is 2.27. The number of rotatable bonds is 4. The fraction of sp³-hybridized carbons (Fsp3) is 0.588. The van der Waals surface area contributed by atoms with Gasteiger partial charge in [0.25, 0.3) is 0 Å². The quantitative estimate of drug-likeness (QED) is 0.562. The van der Waals surface area contributed by atoms with Gasteiger partial charge in [-0.25, -0.2) is 4.79 Å². The third kappa shape index (κ3) is 4.42. The lowest BCUT2D eigenvalue weighted by Gasteiger charge is -2.40. The maximum Gasteiger partial charge on any atom is 0.339 e. The minimum absolute atomic E-state index is 0.0866. The standard InChI is InChI=1S/C17H24INO2/c1-12-7-6-8-13(2)19(12)11-14(3)21-17(20)15-9-4-5-10-16(15)18/h4-5,9-10,12-14H,6-8,11H2,1-3H3/t12-,13-,14-/m1/s1. The fourth-order valence-electron chi connectivity index (χ4n) is 3.04. The fourth-order valence-corrected chi connectivity index (χ4v) is 3.65. The maximum atomic E-state index is 12.2. The molecular formula is C17H24INO2. The molecule has 1 fully saturated rings. The Kier molecular flexibility index (Phi) is 6.05. The summed E-state index contributed by atoms with van der Waals surface area (Å²) < 4.78 is 6.57. The molecule has 3 atom stereocenters. The summed E-state index contributed by atoms with van der Waals surface area (Å²) in [6.07, 6.45) is 3.69. The number of piperidine rings is 1. The molecule has 0 spiro atoms. The number of hydrogen-bond donors (Lipinski definition) is 0. The largest absolute Gasteiger partial charge is 0.458 e. The highest BCUT2D eigenvalue weighted by atomic mass is 127. The Morgan fingerprint density at radius 2 is 1.95 bits per heavy atom. The van der Waals surface area contributed by atoms with Crippen LogP contribution in [0.5, 0.6) is 0 Å². The number of carbonyl (C=O) groups excluding carboxylic acids is 1.